The van der Waals surface area contributed by atoms with Crippen molar-refractivity contribution in [3.05, 3.63) is 0 Å². The molecule has 0 aromatic heterocycles. The number of fused-ring (bicyclic) bond motifs is 2. The van der Waals surface area contributed by atoms with Gasteiger partial charge in [-0.05, 0) is 19.3 Å². The number of ether oxygens (including phenoxy) is 1. The Hall–Kier alpha value is -0.610. The quantitative estimate of drug-likeness (QED) is 0.774. The Balaban J connectivity index is 1.85. The summed E-state index contributed by atoms with van der Waals surface area (Å²) < 4.78 is 5.70. The van der Waals surface area contributed by atoms with E-state index in [-0.39, 0.29) is 24.2 Å². The maximum Gasteiger partial charge on any atom is 0.239 e. The molecule has 2 N–H and O–H groups in total. The molecule has 3 unspecified atom stereocenters. The highest BCUT2D eigenvalue weighted by atomic mass is 16.5. The van der Waals surface area contributed by atoms with Crippen LogP contribution in [0.2, 0.25) is 0 Å². The third kappa shape index (κ3) is 2.55. The lowest BCUT2D eigenvalue weighted by Crippen LogP contribution is -2.51. The van der Waals surface area contributed by atoms with Crippen LogP contribution in [0.4, 0.5) is 0 Å². The van der Waals surface area contributed by atoms with Gasteiger partial charge >= 0.3 is 0 Å². The van der Waals surface area contributed by atoms with Gasteiger partial charge in [-0.2, -0.15) is 0 Å². The van der Waals surface area contributed by atoms with Crippen LogP contribution in [0.15, 0.2) is 0 Å². The van der Waals surface area contributed by atoms with E-state index in [1.165, 1.54) is 0 Å². The van der Waals surface area contributed by atoms with Crippen molar-refractivity contribution in [1.82, 2.24) is 4.90 Å². The minimum atomic E-state index is -0.308. The Kier molecular flexibility index (Phi) is 3.82. The number of unbranched alkanes of at least 4 members (excludes halogenated alkanes) is 1. The third-order valence-electron chi connectivity index (χ3n) is 3.54. The van der Waals surface area contributed by atoms with Gasteiger partial charge in [-0.3, -0.25) is 4.79 Å². The van der Waals surface area contributed by atoms with Gasteiger partial charge in [0.05, 0.1) is 18.2 Å². The summed E-state index contributed by atoms with van der Waals surface area (Å²) >= 11 is 0. The number of hydrogen-bond acceptors (Lipinski definition) is 3. The molecule has 2 rings (SSSR count). The summed E-state index contributed by atoms with van der Waals surface area (Å²) in [6.45, 7) is 3.61. The molecule has 0 aromatic rings. The highest BCUT2D eigenvalue weighted by Gasteiger charge is 2.36. The second-order valence-electron chi connectivity index (χ2n) is 4.95. The number of nitrogens with two attached hydrogens (primary N) is 1. The van der Waals surface area contributed by atoms with E-state index in [0.717, 1.165) is 45.2 Å². The minimum Gasteiger partial charge on any atom is -0.371 e. The molecule has 2 aliphatic rings. The van der Waals surface area contributed by atoms with Gasteiger partial charge in [0, 0.05) is 13.1 Å². The SMILES string of the molecule is CCCCC(N)C(=O)N1CC2CCC(C1)O2. The maximum atomic E-state index is 12.1. The molecule has 2 heterocycles. The van der Waals surface area contributed by atoms with Gasteiger partial charge in [-0.1, -0.05) is 19.8 Å². The van der Waals surface area contributed by atoms with E-state index < -0.39 is 0 Å². The van der Waals surface area contributed by atoms with Crippen LogP contribution in [-0.4, -0.2) is 42.1 Å². The highest BCUT2D eigenvalue weighted by molar-refractivity contribution is 5.81. The summed E-state index contributed by atoms with van der Waals surface area (Å²) in [7, 11) is 0. The zero-order valence-corrected chi connectivity index (χ0v) is 10.0. The summed E-state index contributed by atoms with van der Waals surface area (Å²) in [5, 5.41) is 0. The van der Waals surface area contributed by atoms with Crippen molar-refractivity contribution in [3.63, 3.8) is 0 Å². The molecule has 4 nitrogen and oxygen atoms in total. The van der Waals surface area contributed by atoms with Crippen LogP contribution in [-0.2, 0) is 9.53 Å². The van der Waals surface area contributed by atoms with E-state index in [0.29, 0.717) is 0 Å². The Morgan fingerprint density at radius 1 is 1.44 bits per heavy atom. The molecule has 3 atom stereocenters. The lowest BCUT2D eigenvalue weighted by atomic mass is 10.1. The molecule has 16 heavy (non-hydrogen) atoms. The van der Waals surface area contributed by atoms with Crippen molar-refractivity contribution in [2.75, 3.05) is 13.1 Å². The number of rotatable bonds is 4. The van der Waals surface area contributed by atoms with E-state index in [1.54, 1.807) is 0 Å². The lowest BCUT2D eigenvalue weighted by Gasteiger charge is -2.33. The first-order valence-electron chi connectivity index (χ1n) is 6.40. The van der Waals surface area contributed by atoms with Crippen LogP contribution in [0.25, 0.3) is 0 Å². The van der Waals surface area contributed by atoms with Crippen LogP contribution in [0, 0.1) is 0 Å². The van der Waals surface area contributed by atoms with Gasteiger partial charge < -0.3 is 15.4 Å². The van der Waals surface area contributed by atoms with Gasteiger partial charge in [0.25, 0.3) is 0 Å². The number of carbonyl (C=O) groups is 1. The third-order valence-corrected chi connectivity index (χ3v) is 3.54. The molecule has 2 saturated heterocycles. The van der Waals surface area contributed by atoms with Gasteiger partial charge in [0.1, 0.15) is 0 Å². The molecule has 2 aliphatic heterocycles. The van der Waals surface area contributed by atoms with Crippen molar-refractivity contribution >= 4 is 5.91 Å². The van der Waals surface area contributed by atoms with Crippen LogP contribution in [0.3, 0.4) is 0 Å². The van der Waals surface area contributed by atoms with Gasteiger partial charge in [-0.15, -0.1) is 0 Å². The van der Waals surface area contributed by atoms with Gasteiger partial charge in [-0.25, -0.2) is 0 Å². The monoisotopic (exact) mass is 226 g/mol. The summed E-state index contributed by atoms with van der Waals surface area (Å²) in [6.07, 6.45) is 5.65. The topological polar surface area (TPSA) is 55.6 Å². The van der Waals surface area contributed by atoms with E-state index >= 15 is 0 Å². The Labute approximate surface area is 97.1 Å². The summed E-state index contributed by atoms with van der Waals surface area (Å²) in [6, 6.07) is -0.308. The molecular weight excluding hydrogens is 204 g/mol. The molecule has 1 amide bonds. The summed E-state index contributed by atoms with van der Waals surface area (Å²) in [5.74, 6) is 0.119. The number of likely N-dealkylation sites (tertiary alicyclic amines) is 1. The molecular formula is C12H22N2O2. The average Bonchev–Trinajstić information content (AvgIpc) is 2.64. The Bertz CT molecular complexity index is 245. The number of amides is 1. The Morgan fingerprint density at radius 2 is 2.06 bits per heavy atom. The summed E-state index contributed by atoms with van der Waals surface area (Å²) in [5.41, 5.74) is 5.91. The van der Waals surface area contributed by atoms with Crippen LogP contribution >= 0.6 is 0 Å². The van der Waals surface area contributed by atoms with Crippen molar-refractivity contribution in [2.45, 2.75) is 57.3 Å². The first-order valence-corrected chi connectivity index (χ1v) is 6.40. The maximum absolute atomic E-state index is 12.1. The number of morpholine rings is 1. The first kappa shape index (κ1) is 11.9. The standard InChI is InChI=1S/C12H22N2O2/c1-2-3-4-11(13)12(15)14-7-9-5-6-10(8-14)16-9/h9-11H,2-8,13H2,1H3. The van der Waals surface area contributed by atoms with Crippen molar-refractivity contribution in [1.29, 1.82) is 0 Å². The first-order chi connectivity index (χ1) is 7.70. The fourth-order valence-electron chi connectivity index (χ4n) is 2.58. The van der Waals surface area contributed by atoms with E-state index in [1.807, 2.05) is 4.90 Å². The molecule has 0 radical (unpaired) electrons. The zero-order chi connectivity index (χ0) is 11.5. The number of hydrogen-bond donors (Lipinski definition) is 1. The van der Waals surface area contributed by atoms with E-state index in [4.69, 9.17) is 10.5 Å². The predicted molar refractivity (Wildman–Crippen MR) is 62.0 cm³/mol. The largest absolute Gasteiger partial charge is 0.371 e. The van der Waals surface area contributed by atoms with Crippen LogP contribution in [0.5, 0.6) is 0 Å². The number of carbonyl (C=O) groups excluding carboxylic acids is 1. The summed E-state index contributed by atoms with van der Waals surface area (Å²) in [4.78, 5) is 14.0. The van der Waals surface area contributed by atoms with Crippen molar-refractivity contribution < 1.29 is 9.53 Å². The minimum absolute atomic E-state index is 0.119. The van der Waals surface area contributed by atoms with E-state index in [9.17, 15) is 4.79 Å². The zero-order valence-electron chi connectivity index (χ0n) is 10.0. The smallest absolute Gasteiger partial charge is 0.239 e. The van der Waals surface area contributed by atoms with Crippen LogP contribution < -0.4 is 5.73 Å². The second-order valence-corrected chi connectivity index (χ2v) is 4.95. The average molecular weight is 226 g/mol. The lowest BCUT2D eigenvalue weighted by molar-refractivity contribution is -0.141. The molecule has 2 fully saturated rings. The Morgan fingerprint density at radius 3 is 2.62 bits per heavy atom. The molecule has 0 aromatic carbocycles. The van der Waals surface area contributed by atoms with Crippen molar-refractivity contribution in [2.24, 2.45) is 5.73 Å². The van der Waals surface area contributed by atoms with Crippen molar-refractivity contribution in [3.8, 4) is 0 Å². The molecule has 92 valence electrons. The highest BCUT2D eigenvalue weighted by Crippen LogP contribution is 2.26. The van der Waals surface area contributed by atoms with Gasteiger partial charge in [0.2, 0.25) is 5.91 Å². The molecule has 0 aliphatic carbocycles. The normalized spacial score (nSPS) is 30.5. The second kappa shape index (κ2) is 5.15. The predicted octanol–water partition coefficient (Wildman–Crippen LogP) is 0.894. The molecule has 2 bridgehead atoms. The fourth-order valence-corrected chi connectivity index (χ4v) is 2.58. The van der Waals surface area contributed by atoms with Gasteiger partial charge in [0.15, 0.2) is 0 Å². The fraction of sp³-hybridized carbons (Fsp3) is 0.917. The molecule has 0 saturated carbocycles. The molecule has 0 spiro atoms. The molecule has 4 heteroatoms. The van der Waals surface area contributed by atoms with E-state index in [2.05, 4.69) is 6.92 Å². The number of nitrogens with zero attached hydrogens (tertiary/aromatic N) is 1. The van der Waals surface area contributed by atoms with Crippen LogP contribution in [0.1, 0.15) is 39.0 Å².